The van der Waals surface area contributed by atoms with Gasteiger partial charge in [-0.2, -0.15) is 5.10 Å². The van der Waals surface area contributed by atoms with Gasteiger partial charge in [0.1, 0.15) is 0 Å². The molecule has 1 N–H and O–H groups in total. The number of hydrogen-bond donors (Lipinski definition) is 1. The lowest BCUT2D eigenvalue weighted by atomic mass is 10.4. The molecule has 0 amide bonds. The molecule has 0 atom stereocenters. The van der Waals surface area contributed by atoms with Crippen LogP contribution in [-0.4, -0.2) is 16.3 Å². The van der Waals surface area contributed by atoms with E-state index in [-0.39, 0.29) is 0 Å². The number of aromatic nitrogens is 2. The third-order valence-corrected chi connectivity index (χ3v) is 3.51. The first-order valence-electron chi connectivity index (χ1n) is 5.25. The van der Waals surface area contributed by atoms with Gasteiger partial charge >= 0.3 is 0 Å². The van der Waals surface area contributed by atoms with E-state index in [1.807, 2.05) is 29.1 Å². The Hall–Kier alpha value is -0.840. The van der Waals surface area contributed by atoms with E-state index >= 15 is 0 Å². The number of halogens is 1. The summed E-state index contributed by atoms with van der Waals surface area (Å²) in [7, 11) is 0. The topological polar surface area (TPSA) is 29.9 Å². The summed E-state index contributed by atoms with van der Waals surface area (Å²) in [6.07, 6.45) is 1.84. The van der Waals surface area contributed by atoms with E-state index in [0.717, 1.165) is 24.0 Å². The molecular weight excluding hydrogens is 242 g/mol. The van der Waals surface area contributed by atoms with Gasteiger partial charge in [-0.25, -0.2) is 0 Å². The largest absolute Gasteiger partial charge is 0.311 e. The quantitative estimate of drug-likeness (QED) is 0.891. The third-order valence-electron chi connectivity index (χ3n) is 2.30. The molecule has 0 unspecified atom stereocenters. The van der Waals surface area contributed by atoms with Crippen molar-refractivity contribution in [2.75, 3.05) is 6.54 Å². The van der Waals surface area contributed by atoms with Gasteiger partial charge in [0, 0.05) is 17.6 Å². The van der Waals surface area contributed by atoms with Gasteiger partial charge in [-0.05, 0) is 24.7 Å². The normalized spacial score (nSPS) is 10.9. The van der Waals surface area contributed by atoms with Crippen LogP contribution in [0.4, 0.5) is 0 Å². The van der Waals surface area contributed by atoms with Crippen molar-refractivity contribution in [2.45, 2.75) is 20.0 Å². The predicted molar refractivity (Wildman–Crippen MR) is 68.0 cm³/mol. The maximum atomic E-state index is 5.90. The van der Waals surface area contributed by atoms with Gasteiger partial charge in [-0.3, -0.25) is 4.68 Å². The fourth-order valence-electron chi connectivity index (χ4n) is 1.49. The van der Waals surface area contributed by atoms with Crippen LogP contribution in [0.3, 0.4) is 0 Å². The van der Waals surface area contributed by atoms with Gasteiger partial charge in [0.15, 0.2) is 0 Å². The first-order chi connectivity index (χ1) is 7.79. The summed E-state index contributed by atoms with van der Waals surface area (Å²) in [6, 6.07) is 6.01. The number of rotatable bonds is 5. The Morgan fingerprint density at radius 2 is 2.31 bits per heavy atom. The van der Waals surface area contributed by atoms with Crippen molar-refractivity contribution in [3.05, 3.63) is 39.3 Å². The number of nitrogens with one attached hydrogen (secondary N) is 1. The van der Waals surface area contributed by atoms with Crippen LogP contribution < -0.4 is 5.32 Å². The minimum Gasteiger partial charge on any atom is -0.311 e. The molecule has 0 aliphatic rings. The first kappa shape index (κ1) is 11.6. The smallest absolute Gasteiger partial charge is 0.0931 e. The second-order valence-corrected chi connectivity index (χ2v) is 5.27. The minimum atomic E-state index is 0.797. The number of nitrogens with zero attached hydrogens (tertiary/aromatic N) is 2. The van der Waals surface area contributed by atoms with Crippen LogP contribution in [0.15, 0.2) is 24.4 Å². The van der Waals surface area contributed by atoms with E-state index in [1.165, 1.54) is 10.6 Å². The Labute approximate surface area is 104 Å². The standard InChI is InChI=1S/C11H14ClN3S/c1-2-13-7-9-5-6-14-15(9)8-10-3-4-11(12)16-10/h3-6,13H,2,7-8H2,1H3. The van der Waals surface area contributed by atoms with Crippen molar-refractivity contribution in [1.29, 1.82) is 0 Å². The molecule has 3 nitrogen and oxygen atoms in total. The molecule has 0 bridgehead atoms. The molecule has 2 rings (SSSR count). The Morgan fingerprint density at radius 3 is 3.00 bits per heavy atom. The van der Waals surface area contributed by atoms with Crippen molar-refractivity contribution in [1.82, 2.24) is 15.1 Å². The molecule has 0 saturated heterocycles. The van der Waals surface area contributed by atoms with Gasteiger partial charge in [0.2, 0.25) is 0 Å². The van der Waals surface area contributed by atoms with Crippen LogP contribution in [0.2, 0.25) is 4.34 Å². The average Bonchev–Trinajstić information content (AvgIpc) is 2.86. The van der Waals surface area contributed by atoms with E-state index in [4.69, 9.17) is 11.6 Å². The monoisotopic (exact) mass is 255 g/mol. The Kier molecular flexibility index (Phi) is 3.98. The van der Waals surface area contributed by atoms with Crippen LogP contribution in [0.1, 0.15) is 17.5 Å². The second kappa shape index (κ2) is 5.48. The molecule has 0 aromatic carbocycles. The molecule has 2 heterocycles. The zero-order chi connectivity index (χ0) is 11.4. The maximum Gasteiger partial charge on any atom is 0.0931 e. The summed E-state index contributed by atoms with van der Waals surface area (Å²) in [5.74, 6) is 0. The summed E-state index contributed by atoms with van der Waals surface area (Å²) < 4.78 is 2.83. The fourth-order valence-corrected chi connectivity index (χ4v) is 2.56. The van der Waals surface area contributed by atoms with Gasteiger partial charge in [-0.1, -0.05) is 18.5 Å². The fraction of sp³-hybridized carbons (Fsp3) is 0.364. The molecule has 2 aromatic rings. The number of hydrogen-bond acceptors (Lipinski definition) is 3. The van der Waals surface area contributed by atoms with Gasteiger partial charge < -0.3 is 5.32 Å². The van der Waals surface area contributed by atoms with E-state index < -0.39 is 0 Å². The van der Waals surface area contributed by atoms with Gasteiger partial charge in [0.25, 0.3) is 0 Å². The van der Waals surface area contributed by atoms with Crippen molar-refractivity contribution < 1.29 is 0 Å². The van der Waals surface area contributed by atoms with Crippen molar-refractivity contribution in [2.24, 2.45) is 0 Å². The zero-order valence-electron chi connectivity index (χ0n) is 9.11. The highest BCUT2D eigenvalue weighted by molar-refractivity contribution is 7.16. The van der Waals surface area contributed by atoms with Gasteiger partial charge in [0.05, 0.1) is 16.6 Å². The summed E-state index contributed by atoms with van der Waals surface area (Å²) in [4.78, 5) is 1.23. The highest BCUT2D eigenvalue weighted by Gasteiger charge is 2.04. The van der Waals surface area contributed by atoms with Crippen LogP contribution in [0.25, 0.3) is 0 Å². The zero-order valence-corrected chi connectivity index (χ0v) is 10.7. The first-order valence-corrected chi connectivity index (χ1v) is 6.44. The summed E-state index contributed by atoms with van der Waals surface area (Å²) in [5, 5.41) is 7.61. The molecule has 0 fully saturated rings. The number of thiophene rings is 1. The lowest BCUT2D eigenvalue weighted by Gasteiger charge is -2.06. The molecular formula is C11H14ClN3S. The summed E-state index contributed by atoms with van der Waals surface area (Å²) in [5.41, 5.74) is 1.20. The van der Waals surface area contributed by atoms with Crippen molar-refractivity contribution in [3.63, 3.8) is 0 Å². The molecule has 2 aromatic heterocycles. The van der Waals surface area contributed by atoms with Crippen molar-refractivity contribution in [3.8, 4) is 0 Å². The second-order valence-electron chi connectivity index (χ2n) is 3.47. The molecule has 0 saturated carbocycles. The van der Waals surface area contributed by atoms with Crippen LogP contribution >= 0.6 is 22.9 Å². The molecule has 0 radical (unpaired) electrons. The summed E-state index contributed by atoms with van der Waals surface area (Å²) in [6.45, 7) is 4.72. The lowest BCUT2D eigenvalue weighted by Crippen LogP contribution is -2.16. The van der Waals surface area contributed by atoms with E-state index in [2.05, 4.69) is 17.3 Å². The molecule has 0 aliphatic carbocycles. The van der Waals surface area contributed by atoms with E-state index in [0.29, 0.717) is 0 Å². The molecule has 0 aliphatic heterocycles. The van der Waals surface area contributed by atoms with Crippen molar-refractivity contribution >= 4 is 22.9 Å². The maximum absolute atomic E-state index is 5.90. The van der Waals surface area contributed by atoms with Gasteiger partial charge in [-0.15, -0.1) is 11.3 Å². The van der Waals surface area contributed by atoms with Crippen LogP contribution in [0.5, 0.6) is 0 Å². The van der Waals surface area contributed by atoms with Crippen LogP contribution in [0, 0.1) is 0 Å². The summed E-state index contributed by atoms with van der Waals surface area (Å²) >= 11 is 7.50. The highest BCUT2D eigenvalue weighted by Crippen LogP contribution is 2.22. The average molecular weight is 256 g/mol. The highest BCUT2D eigenvalue weighted by atomic mass is 35.5. The molecule has 5 heteroatoms. The van der Waals surface area contributed by atoms with E-state index in [1.54, 1.807) is 11.3 Å². The Morgan fingerprint density at radius 1 is 1.44 bits per heavy atom. The van der Waals surface area contributed by atoms with E-state index in [9.17, 15) is 0 Å². The van der Waals surface area contributed by atoms with Crippen LogP contribution in [-0.2, 0) is 13.1 Å². The third kappa shape index (κ3) is 2.84. The molecule has 86 valence electrons. The molecule has 0 spiro atoms. The Balaban J connectivity index is 2.06. The lowest BCUT2D eigenvalue weighted by molar-refractivity contribution is 0.609. The SMILES string of the molecule is CCNCc1ccnn1Cc1ccc(Cl)s1. The molecule has 16 heavy (non-hydrogen) atoms. The Bertz CT molecular complexity index is 450. The minimum absolute atomic E-state index is 0.797. The predicted octanol–water partition coefficient (Wildman–Crippen LogP) is 2.76.